The Labute approximate surface area is 245 Å². The number of hydrogen-bond acceptors (Lipinski definition) is 5. The number of carbonyl (C=O) groups is 2. The minimum absolute atomic E-state index is 0.119. The molecule has 43 heavy (non-hydrogen) atoms. The van der Waals surface area contributed by atoms with E-state index in [0.717, 1.165) is 23.4 Å². The number of carbonyl (C=O) groups excluding carboxylic acids is 2. The van der Waals surface area contributed by atoms with Gasteiger partial charge in [0.2, 0.25) is 0 Å². The fourth-order valence-corrected chi connectivity index (χ4v) is 5.26. The second-order valence-electron chi connectivity index (χ2n) is 10.5. The first-order valence-corrected chi connectivity index (χ1v) is 13.8. The second kappa shape index (κ2) is 11.3. The maximum Gasteiger partial charge on any atom is 0.416 e. The molecule has 2 aliphatic rings. The standard InChI is InChI=1S/C32H28F3N5O3/c33-32(34,35)20-13-19(14-25(15-20)40-11-8-26(41)9-12-40)30(42)38-23-4-1-3-22(16-23)37-24-6-7-27-28(17-21-5-2-10-36-21)31(43)39-29(27)18-24/h1-7,10,13-18,26,36-37,41H,8-9,11-12H2,(H,38,42)(H,39,43)/b28-17-. The Hall–Kier alpha value is -5.03. The molecule has 220 valence electrons. The van der Waals surface area contributed by atoms with Gasteiger partial charge in [-0.15, -0.1) is 0 Å². The fraction of sp³-hybridized carbons (Fsp3) is 0.188. The smallest absolute Gasteiger partial charge is 0.393 e. The molecule has 0 radical (unpaired) electrons. The van der Waals surface area contributed by atoms with E-state index < -0.39 is 23.8 Å². The van der Waals surface area contributed by atoms with E-state index in [1.54, 1.807) is 47.5 Å². The van der Waals surface area contributed by atoms with Crippen LogP contribution in [0.5, 0.6) is 0 Å². The average Bonchev–Trinajstić information content (AvgIpc) is 3.60. The topological polar surface area (TPSA) is 109 Å². The first-order chi connectivity index (χ1) is 20.6. The number of anilines is 5. The van der Waals surface area contributed by atoms with Crippen molar-refractivity contribution in [1.29, 1.82) is 0 Å². The summed E-state index contributed by atoms with van der Waals surface area (Å²) in [4.78, 5) is 30.5. The number of rotatable bonds is 6. The van der Waals surface area contributed by atoms with E-state index >= 15 is 0 Å². The third kappa shape index (κ3) is 6.26. The molecule has 8 nitrogen and oxygen atoms in total. The lowest BCUT2D eigenvalue weighted by Gasteiger charge is -2.32. The van der Waals surface area contributed by atoms with Crippen LogP contribution >= 0.6 is 0 Å². The van der Waals surface area contributed by atoms with Crippen LogP contribution in [0.3, 0.4) is 0 Å². The molecule has 0 saturated carbocycles. The molecule has 0 spiro atoms. The quantitative estimate of drug-likeness (QED) is 0.166. The third-order valence-corrected chi connectivity index (χ3v) is 7.47. The van der Waals surface area contributed by atoms with E-state index in [1.165, 1.54) is 6.07 Å². The highest BCUT2D eigenvalue weighted by molar-refractivity contribution is 6.35. The molecule has 2 aliphatic heterocycles. The largest absolute Gasteiger partial charge is 0.416 e. The minimum Gasteiger partial charge on any atom is -0.393 e. The number of benzene rings is 3. The van der Waals surface area contributed by atoms with Crippen molar-refractivity contribution in [1.82, 2.24) is 4.98 Å². The monoisotopic (exact) mass is 587 g/mol. The Kier molecular flexibility index (Phi) is 7.41. The molecule has 2 amide bonds. The Bertz CT molecular complexity index is 1710. The van der Waals surface area contributed by atoms with Crippen molar-refractivity contribution in [3.8, 4) is 0 Å². The predicted octanol–water partition coefficient (Wildman–Crippen LogP) is 6.48. The summed E-state index contributed by atoms with van der Waals surface area (Å²) in [6.07, 6.45) is -0.657. The third-order valence-electron chi connectivity index (χ3n) is 7.47. The van der Waals surface area contributed by atoms with E-state index in [1.807, 2.05) is 24.3 Å². The van der Waals surface area contributed by atoms with E-state index in [4.69, 9.17) is 0 Å². The molecule has 1 fully saturated rings. The molecule has 11 heteroatoms. The SMILES string of the molecule is O=C1Nc2cc(Nc3cccc(NC(=O)c4cc(N5CCC(O)CC5)cc(C(F)(F)F)c4)c3)ccc2/C1=C/c1ccc[nH]1. The number of piperidine rings is 1. The summed E-state index contributed by atoms with van der Waals surface area (Å²) in [5.41, 5.74) is 3.75. The van der Waals surface area contributed by atoms with Gasteiger partial charge in [-0.1, -0.05) is 12.1 Å². The van der Waals surface area contributed by atoms with Crippen LogP contribution in [0, 0.1) is 0 Å². The lowest BCUT2D eigenvalue weighted by atomic mass is 10.0. The molecule has 1 saturated heterocycles. The Morgan fingerprint density at radius 3 is 2.47 bits per heavy atom. The highest BCUT2D eigenvalue weighted by Crippen LogP contribution is 2.36. The number of aromatic amines is 1. The summed E-state index contributed by atoms with van der Waals surface area (Å²) in [6.45, 7) is 0.794. The first-order valence-electron chi connectivity index (χ1n) is 13.8. The number of nitrogens with one attached hydrogen (secondary N) is 4. The van der Waals surface area contributed by atoms with E-state index in [0.29, 0.717) is 54.3 Å². The zero-order valence-corrected chi connectivity index (χ0v) is 22.8. The Balaban J connectivity index is 1.19. The molecule has 3 aromatic carbocycles. The van der Waals surface area contributed by atoms with Crippen LogP contribution in [0.15, 0.2) is 79.0 Å². The Morgan fingerprint density at radius 2 is 1.72 bits per heavy atom. The van der Waals surface area contributed by atoms with Crippen LogP contribution in [0.4, 0.5) is 41.6 Å². The van der Waals surface area contributed by atoms with Crippen LogP contribution < -0.4 is 20.9 Å². The second-order valence-corrected chi connectivity index (χ2v) is 10.5. The van der Waals surface area contributed by atoms with Gasteiger partial charge in [0.25, 0.3) is 11.8 Å². The first kappa shape index (κ1) is 28.1. The van der Waals surface area contributed by atoms with Crippen molar-refractivity contribution in [2.24, 2.45) is 0 Å². The van der Waals surface area contributed by atoms with Gasteiger partial charge in [0.1, 0.15) is 0 Å². The van der Waals surface area contributed by atoms with Crippen molar-refractivity contribution < 1.29 is 27.9 Å². The van der Waals surface area contributed by atoms with Gasteiger partial charge >= 0.3 is 6.18 Å². The lowest BCUT2D eigenvalue weighted by molar-refractivity contribution is -0.137. The van der Waals surface area contributed by atoms with E-state index in [9.17, 15) is 27.9 Å². The summed E-state index contributed by atoms with van der Waals surface area (Å²) in [6, 6.07) is 19.3. The number of fused-ring (bicyclic) bond motifs is 1. The molecule has 5 N–H and O–H groups in total. The number of aliphatic hydroxyl groups is 1. The van der Waals surface area contributed by atoms with Crippen LogP contribution in [0.2, 0.25) is 0 Å². The van der Waals surface area contributed by atoms with Crippen LogP contribution in [0.1, 0.15) is 40.0 Å². The van der Waals surface area contributed by atoms with Gasteiger partial charge in [0.05, 0.1) is 22.9 Å². The van der Waals surface area contributed by atoms with E-state index in [-0.39, 0.29) is 17.2 Å². The molecule has 0 atom stereocenters. The van der Waals surface area contributed by atoms with Crippen molar-refractivity contribution in [2.45, 2.75) is 25.1 Å². The van der Waals surface area contributed by atoms with Gasteiger partial charge in [-0.2, -0.15) is 13.2 Å². The summed E-state index contributed by atoms with van der Waals surface area (Å²) in [7, 11) is 0. The summed E-state index contributed by atoms with van der Waals surface area (Å²) < 4.78 is 41.1. The zero-order valence-electron chi connectivity index (χ0n) is 22.8. The molecule has 4 aromatic rings. The highest BCUT2D eigenvalue weighted by atomic mass is 19.4. The van der Waals surface area contributed by atoms with Gasteiger partial charge in [0, 0.05) is 58.9 Å². The number of alkyl halides is 3. The lowest BCUT2D eigenvalue weighted by Crippen LogP contribution is -2.36. The molecule has 0 bridgehead atoms. The molecule has 0 aliphatic carbocycles. The van der Waals surface area contributed by atoms with Gasteiger partial charge in [-0.3, -0.25) is 9.59 Å². The molecule has 3 heterocycles. The number of hydrogen-bond donors (Lipinski definition) is 5. The van der Waals surface area contributed by atoms with Crippen molar-refractivity contribution in [3.63, 3.8) is 0 Å². The number of nitrogens with zero attached hydrogens (tertiary/aromatic N) is 1. The summed E-state index contributed by atoms with van der Waals surface area (Å²) >= 11 is 0. The summed E-state index contributed by atoms with van der Waals surface area (Å²) in [5.74, 6) is -0.884. The van der Waals surface area contributed by atoms with Crippen molar-refractivity contribution >= 4 is 51.9 Å². The maximum absolute atomic E-state index is 13.7. The molecule has 6 rings (SSSR count). The minimum atomic E-state index is -4.63. The summed E-state index contributed by atoms with van der Waals surface area (Å²) in [5, 5.41) is 18.6. The predicted molar refractivity (Wildman–Crippen MR) is 160 cm³/mol. The van der Waals surface area contributed by atoms with Crippen molar-refractivity contribution in [3.05, 3.63) is 101 Å². The maximum atomic E-state index is 13.7. The molecule has 1 aromatic heterocycles. The van der Waals surface area contributed by atoms with E-state index in [2.05, 4.69) is 20.9 Å². The fourth-order valence-electron chi connectivity index (χ4n) is 5.26. The Morgan fingerprint density at radius 1 is 0.953 bits per heavy atom. The van der Waals surface area contributed by atoms with Crippen LogP contribution in [0.25, 0.3) is 11.6 Å². The molecular weight excluding hydrogens is 559 g/mol. The van der Waals surface area contributed by atoms with Gasteiger partial charge in [0.15, 0.2) is 0 Å². The van der Waals surface area contributed by atoms with Gasteiger partial charge < -0.3 is 30.9 Å². The number of aliphatic hydroxyl groups excluding tert-OH is 1. The van der Waals surface area contributed by atoms with Gasteiger partial charge in [-0.05, 0) is 79.6 Å². The molecular formula is C32H28F3N5O3. The van der Waals surface area contributed by atoms with Crippen molar-refractivity contribution in [2.75, 3.05) is 33.9 Å². The highest BCUT2D eigenvalue weighted by Gasteiger charge is 2.33. The number of halogens is 3. The number of aromatic nitrogens is 1. The zero-order chi connectivity index (χ0) is 30.1. The number of H-pyrrole nitrogens is 1. The van der Waals surface area contributed by atoms with Crippen LogP contribution in [-0.4, -0.2) is 41.1 Å². The number of amides is 2. The molecule has 0 unspecified atom stereocenters. The van der Waals surface area contributed by atoms with Crippen LogP contribution in [-0.2, 0) is 11.0 Å². The van der Waals surface area contributed by atoms with Gasteiger partial charge in [-0.25, -0.2) is 0 Å². The normalized spacial score (nSPS) is 16.2. The average molecular weight is 588 g/mol.